The number of allylic oxidation sites excluding steroid dienone is 10. The van der Waals surface area contributed by atoms with E-state index in [-0.39, 0.29) is 25.6 Å². The topological polar surface area (TPSA) is 135 Å². The number of unbranched alkanes of at least 4 members (excludes halogenated alkanes) is 26. The molecule has 1 fully saturated rings. The molecule has 66 heavy (non-hydrogen) atoms. The summed E-state index contributed by atoms with van der Waals surface area (Å²) >= 11 is 0. The average Bonchev–Trinajstić information content (AvgIpc) is 3.32. The Morgan fingerprint density at radius 3 is 1.38 bits per heavy atom. The van der Waals surface area contributed by atoms with Gasteiger partial charge in [-0.3, -0.25) is 4.79 Å². The maximum atomic E-state index is 12.8. The molecule has 1 saturated heterocycles. The van der Waals surface area contributed by atoms with Crippen molar-refractivity contribution < 1.29 is 44.2 Å². The van der Waals surface area contributed by atoms with E-state index in [0.29, 0.717) is 13.0 Å². The number of hydrogen-bond acceptors (Lipinski definition) is 9. The highest BCUT2D eigenvalue weighted by Gasteiger charge is 2.44. The summed E-state index contributed by atoms with van der Waals surface area (Å²) in [6, 6.07) is 0. The summed E-state index contributed by atoms with van der Waals surface area (Å²) in [6.07, 6.45) is 55.5. The fraction of sp³-hybridized carbons (Fsp3) is 0.807. The van der Waals surface area contributed by atoms with E-state index in [9.17, 15) is 25.2 Å². The minimum Gasteiger partial charge on any atom is -0.457 e. The molecule has 384 valence electrons. The standard InChI is InChI=1S/C57H102O9/c1-3-5-7-9-11-13-15-17-19-21-23-24-25-26-27-29-31-33-35-37-39-41-43-45-47-63-49-51(50-64-57-56(62)55(61)54(60)52(48-58)66-57)65-53(59)46-44-42-40-38-36-34-32-30-28-22-20-18-16-14-12-10-8-6-4-2/h6,8,12,14,18,20,28,30,34,36,51-52,54-58,60-62H,3-5,7,9-11,13,15-17,19,21-27,29,31-33,35,37-50H2,1-2H3/b8-6-,14-12-,20-18-,30-28-,36-34-. The van der Waals surface area contributed by atoms with Gasteiger partial charge in [-0.05, 0) is 57.8 Å². The van der Waals surface area contributed by atoms with Gasteiger partial charge in [-0.25, -0.2) is 0 Å². The Balaban J connectivity index is 2.19. The minimum absolute atomic E-state index is 0.127. The summed E-state index contributed by atoms with van der Waals surface area (Å²) in [5.41, 5.74) is 0. The normalized spacial score (nSPS) is 19.8. The van der Waals surface area contributed by atoms with Gasteiger partial charge in [-0.15, -0.1) is 0 Å². The lowest BCUT2D eigenvalue weighted by Crippen LogP contribution is -2.59. The first-order chi connectivity index (χ1) is 32.4. The van der Waals surface area contributed by atoms with Gasteiger partial charge in [0.2, 0.25) is 0 Å². The Hall–Kier alpha value is -2.11. The van der Waals surface area contributed by atoms with Gasteiger partial charge in [0.05, 0.1) is 19.8 Å². The third kappa shape index (κ3) is 37.8. The number of carbonyl (C=O) groups is 1. The van der Waals surface area contributed by atoms with Crippen molar-refractivity contribution in [3.05, 3.63) is 60.8 Å². The number of hydrogen-bond donors (Lipinski definition) is 4. The number of esters is 1. The lowest BCUT2D eigenvalue weighted by molar-refractivity contribution is -0.305. The lowest BCUT2D eigenvalue weighted by atomic mass is 9.99. The van der Waals surface area contributed by atoms with E-state index in [1.165, 1.54) is 141 Å². The molecule has 1 rings (SSSR count). The molecule has 0 aromatic rings. The van der Waals surface area contributed by atoms with Crippen molar-refractivity contribution in [1.82, 2.24) is 0 Å². The van der Waals surface area contributed by atoms with Crippen LogP contribution >= 0.6 is 0 Å². The van der Waals surface area contributed by atoms with Crippen LogP contribution in [0.5, 0.6) is 0 Å². The Bertz CT molecular complexity index is 1200. The molecule has 6 unspecified atom stereocenters. The van der Waals surface area contributed by atoms with Crippen LogP contribution in [0.1, 0.15) is 232 Å². The molecular formula is C57H102O9. The Kier molecular flexibility index (Phi) is 45.0. The fourth-order valence-corrected chi connectivity index (χ4v) is 8.23. The van der Waals surface area contributed by atoms with Gasteiger partial charge in [0.25, 0.3) is 0 Å². The Labute approximate surface area is 405 Å². The van der Waals surface area contributed by atoms with Crippen LogP contribution in [0.2, 0.25) is 0 Å². The van der Waals surface area contributed by atoms with Gasteiger partial charge in [0.15, 0.2) is 6.29 Å². The molecule has 6 atom stereocenters. The highest BCUT2D eigenvalue weighted by Crippen LogP contribution is 2.23. The Morgan fingerprint density at radius 1 is 0.500 bits per heavy atom. The number of rotatable bonds is 47. The van der Waals surface area contributed by atoms with Crippen LogP contribution in [0.15, 0.2) is 60.8 Å². The fourth-order valence-electron chi connectivity index (χ4n) is 8.23. The van der Waals surface area contributed by atoms with E-state index < -0.39 is 43.4 Å². The average molecular weight is 931 g/mol. The minimum atomic E-state index is -1.54. The van der Waals surface area contributed by atoms with E-state index in [0.717, 1.165) is 64.2 Å². The predicted octanol–water partition coefficient (Wildman–Crippen LogP) is 13.8. The number of carbonyl (C=O) groups excluding carboxylic acids is 1. The molecular weight excluding hydrogens is 829 g/mol. The van der Waals surface area contributed by atoms with E-state index in [4.69, 9.17) is 18.9 Å². The van der Waals surface area contributed by atoms with Crippen LogP contribution in [-0.2, 0) is 23.7 Å². The van der Waals surface area contributed by atoms with Crippen LogP contribution in [0.3, 0.4) is 0 Å². The van der Waals surface area contributed by atoms with Gasteiger partial charge < -0.3 is 39.4 Å². The second-order valence-electron chi connectivity index (χ2n) is 18.7. The molecule has 0 saturated carbocycles. The van der Waals surface area contributed by atoms with Crippen molar-refractivity contribution in [2.75, 3.05) is 26.4 Å². The second kappa shape index (κ2) is 47.9. The Morgan fingerprint density at radius 2 is 0.924 bits per heavy atom. The van der Waals surface area contributed by atoms with Crippen molar-refractivity contribution in [3.63, 3.8) is 0 Å². The van der Waals surface area contributed by atoms with Crippen LogP contribution < -0.4 is 0 Å². The zero-order valence-electron chi connectivity index (χ0n) is 42.4. The lowest BCUT2D eigenvalue weighted by Gasteiger charge is -2.39. The maximum absolute atomic E-state index is 12.8. The van der Waals surface area contributed by atoms with E-state index in [1.807, 2.05) is 0 Å². The third-order valence-corrected chi connectivity index (χ3v) is 12.4. The molecule has 0 spiro atoms. The van der Waals surface area contributed by atoms with Crippen molar-refractivity contribution in [2.24, 2.45) is 0 Å². The molecule has 9 nitrogen and oxygen atoms in total. The SMILES string of the molecule is CC/C=C\C/C=C\C/C=C\C/C=C\C/C=C\CCCCCC(=O)OC(COCCCCCCCCCCCCCCCCCCCCCCCCCC)COC1OC(CO)C(O)C(O)C1O. The molecule has 9 heteroatoms. The van der Waals surface area contributed by atoms with Crippen LogP contribution in [0, 0.1) is 0 Å². The van der Waals surface area contributed by atoms with E-state index in [2.05, 4.69) is 74.6 Å². The zero-order chi connectivity index (χ0) is 47.8. The second-order valence-corrected chi connectivity index (χ2v) is 18.7. The van der Waals surface area contributed by atoms with Crippen molar-refractivity contribution in [3.8, 4) is 0 Å². The van der Waals surface area contributed by atoms with Gasteiger partial charge in [0, 0.05) is 13.0 Å². The largest absolute Gasteiger partial charge is 0.457 e. The van der Waals surface area contributed by atoms with Crippen LogP contribution in [0.4, 0.5) is 0 Å². The van der Waals surface area contributed by atoms with Crippen molar-refractivity contribution in [2.45, 2.75) is 269 Å². The van der Waals surface area contributed by atoms with Gasteiger partial charge in [-0.2, -0.15) is 0 Å². The first kappa shape index (κ1) is 61.9. The molecule has 0 aromatic carbocycles. The quantitative estimate of drug-likeness (QED) is 0.0267. The first-order valence-electron chi connectivity index (χ1n) is 27.4. The molecule has 1 aliphatic heterocycles. The maximum Gasteiger partial charge on any atom is 0.306 e. The molecule has 1 heterocycles. The molecule has 4 N–H and O–H groups in total. The van der Waals surface area contributed by atoms with Crippen molar-refractivity contribution in [1.29, 1.82) is 0 Å². The molecule has 0 radical (unpaired) electrons. The molecule has 1 aliphatic rings. The summed E-state index contributed by atoms with van der Waals surface area (Å²) in [5.74, 6) is -0.342. The summed E-state index contributed by atoms with van der Waals surface area (Å²) < 4.78 is 22.9. The zero-order valence-corrected chi connectivity index (χ0v) is 42.4. The van der Waals surface area contributed by atoms with Gasteiger partial charge in [-0.1, -0.05) is 229 Å². The van der Waals surface area contributed by atoms with Gasteiger partial charge >= 0.3 is 5.97 Å². The van der Waals surface area contributed by atoms with Gasteiger partial charge in [0.1, 0.15) is 30.5 Å². The highest BCUT2D eigenvalue weighted by molar-refractivity contribution is 5.69. The smallest absolute Gasteiger partial charge is 0.306 e. The summed E-state index contributed by atoms with van der Waals surface area (Å²) in [5, 5.41) is 40.3. The van der Waals surface area contributed by atoms with E-state index in [1.54, 1.807) is 0 Å². The third-order valence-electron chi connectivity index (χ3n) is 12.4. The van der Waals surface area contributed by atoms with Crippen LogP contribution in [0.25, 0.3) is 0 Å². The highest BCUT2D eigenvalue weighted by atomic mass is 16.7. The molecule has 0 bridgehead atoms. The first-order valence-corrected chi connectivity index (χ1v) is 27.4. The predicted molar refractivity (Wildman–Crippen MR) is 274 cm³/mol. The molecule has 0 aliphatic carbocycles. The molecule has 0 amide bonds. The summed E-state index contributed by atoms with van der Waals surface area (Å²) in [7, 11) is 0. The van der Waals surface area contributed by atoms with Crippen LogP contribution in [-0.4, -0.2) is 89.6 Å². The molecule has 0 aromatic heterocycles. The number of ether oxygens (including phenoxy) is 4. The number of aliphatic hydroxyl groups excluding tert-OH is 4. The summed E-state index contributed by atoms with van der Waals surface area (Å²) in [6.45, 7) is 4.44. The van der Waals surface area contributed by atoms with E-state index >= 15 is 0 Å². The number of aliphatic hydroxyl groups is 4. The van der Waals surface area contributed by atoms with Crippen molar-refractivity contribution >= 4 is 5.97 Å². The summed E-state index contributed by atoms with van der Waals surface area (Å²) in [4.78, 5) is 12.8. The monoisotopic (exact) mass is 931 g/mol.